The highest BCUT2D eigenvalue weighted by atomic mass is 16.5. The molecule has 2 rings (SSSR count). The number of rotatable bonds is 1. The maximum atomic E-state index is 11.0. The van der Waals surface area contributed by atoms with Gasteiger partial charge in [0.05, 0.1) is 6.26 Å². The molecule has 2 heteroatoms. The van der Waals surface area contributed by atoms with Crippen molar-refractivity contribution in [1.82, 2.24) is 0 Å². The summed E-state index contributed by atoms with van der Waals surface area (Å²) in [4.78, 5) is 11.0. The fourth-order valence-electron chi connectivity index (χ4n) is 1.54. The van der Waals surface area contributed by atoms with Crippen molar-refractivity contribution >= 4 is 11.5 Å². The average Bonchev–Trinajstić information content (AvgIpc) is 2.44. The fraction of sp³-hybridized carbons (Fsp3) is 0.250. The summed E-state index contributed by atoms with van der Waals surface area (Å²) in [5.41, 5.74) is 2.25. The number of hydrogen-bond acceptors (Lipinski definition) is 2. The number of benzene rings is 1. The minimum absolute atomic E-state index is 0.129. The molecule has 0 unspecified atom stereocenters. The third kappa shape index (κ3) is 2.02. The molecule has 0 saturated heterocycles. The van der Waals surface area contributed by atoms with Crippen LogP contribution in [0.4, 0.5) is 0 Å². The first kappa shape index (κ1) is 9.00. The minimum Gasteiger partial charge on any atom is -0.434 e. The van der Waals surface area contributed by atoms with E-state index in [4.69, 9.17) is 4.74 Å². The zero-order valence-electron chi connectivity index (χ0n) is 7.90. The molecule has 1 aliphatic rings. The number of hydrogen-bond donors (Lipinski definition) is 0. The predicted octanol–water partition coefficient (Wildman–Crippen LogP) is 2.75. The molecule has 1 aliphatic heterocycles. The van der Waals surface area contributed by atoms with Crippen LogP contribution in [0, 0.1) is 0 Å². The van der Waals surface area contributed by atoms with Crippen molar-refractivity contribution in [3.05, 3.63) is 42.2 Å². The van der Waals surface area contributed by atoms with E-state index < -0.39 is 0 Å². The summed E-state index contributed by atoms with van der Waals surface area (Å²) in [5.74, 6) is -0.129. The lowest BCUT2D eigenvalue weighted by molar-refractivity contribution is -0.137. The van der Waals surface area contributed by atoms with Gasteiger partial charge in [0.1, 0.15) is 0 Å². The molecule has 0 radical (unpaired) electrons. The van der Waals surface area contributed by atoms with E-state index in [0.717, 1.165) is 24.0 Å². The van der Waals surface area contributed by atoms with Crippen LogP contribution < -0.4 is 0 Å². The lowest BCUT2D eigenvalue weighted by atomic mass is 10.0. The van der Waals surface area contributed by atoms with Crippen LogP contribution in [0.1, 0.15) is 24.8 Å². The fourth-order valence-corrected chi connectivity index (χ4v) is 1.54. The Labute approximate surface area is 83.2 Å². The van der Waals surface area contributed by atoms with E-state index >= 15 is 0 Å². The van der Waals surface area contributed by atoms with Crippen LogP contribution in [0.2, 0.25) is 0 Å². The van der Waals surface area contributed by atoms with Crippen molar-refractivity contribution in [3.63, 3.8) is 0 Å². The van der Waals surface area contributed by atoms with E-state index in [2.05, 4.69) is 0 Å². The van der Waals surface area contributed by atoms with Crippen molar-refractivity contribution in [3.8, 4) is 0 Å². The van der Waals surface area contributed by atoms with E-state index in [1.54, 1.807) is 6.26 Å². The molecule has 0 spiro atoms. The summed E-state index contributed by atoms with van der Waals surface area (Å²) in [5, 5.41) is 0. The summed E-state index contributed by atoms with van der Waals surface area (Å²) in [6, 6.07) is 10.0. The van der Waals surface area contributed by atoms with E-state index in [0.29, 0.717) is 6.42 Å². The molecule has 14 heavy (non-hydrogen) atoms. The van der Waals surface area contributed by atoms with Gasteiger partial charge in [0, 0.05) is 6.42 Å². The SMILES string of the molecule is O=C1CCCC(c2ccccc2)=CO1. The lowest BCUT2D eigenvalue weighted by Crippen LogP contribution is -1.95. The third-order valence-electron chi connectivity index (χ3n) is 2.30. The van der Waals surface area contributed by atoms with Gasteiger partial charge in [0.25, 0.3) is 0 Å². The Bertz CT molecular complexity index is 352. The van der Waals surface area contributed by atoms with E-state index in [-0.39, 0.29) is 5.97 Å². The Balaban J connectivity index is 2.22. The lowest BCUT2D eigenvalue weighted by Gasteiger charge is -2.02. The summed E-state index contributed by atoms with van der Waals surface area (Å²) in [6.07, 6.45) is 3.90. The molecule has 0 aromatic heterocycles. The topological polar surface area (TPSA) is 26.3 Å². The van der Waals surface area contributed by atoms with Gasteiger partial charge in [-0.25, -0.2) is 0 Å². The summed E-state index contributed by atoms with van der Waals surface area (Å²) < 4.78 is 4.97. The predicted molar refractivity (Wildman–Crippen MR) is 54.4 cm³/mol. The Morgan fingerprint density at radius 2 is 1.86 bits per heavy atom. The molecular weight excluding hydrogens is 176 g/mol. The third-order valence-corrected chi connectivity index (χ3v) is 2.30. The second-order valence-electron chi connectivity index (χ2n) is 3.35. The number of cyclic esters (lactones) is 1. The largest absolute Gasteiger partial charge is 0.434 e. The van der Waals surface area contributed by atoms with Crippen LogP contribution in [-0.4, -0.2) is 5.97 Å². The van der Waals surface area contributed by atoms with Gasteiger partial charge in [-0.1, -0.05) is 30.3 Å². The molecule has 1 heterocycles. The minimum atomic E-state index is -0.129. The van der Waals surface area contributed by atoms with E-state index in [1.165, 1.54) is 0 Å². The van der Waals surface area contributed by atoms with Crippen molar-refractivity contribution < 1.29 is 9.53 Å². The molecule has 0 bridgehead atoms. The molecule has 0 atom stereocenters. The van der Waals surface area contributed by atoms with Gasteiger partial charge in [-0.2, -0.15) is 0 Å². The number of carbonyl (C=O) groups excluding carboxylic acids is 1. The molecule has 0 saturated carbocycles. The van der Waals surface area contributed by atoms with Crippen LogP contribution in [0.25, 0.3) is 5.57 Å². The summed E-state index contributed by atoms with van der Waals surface area (Å²) in [6.45, 7) is 0. The molecule has 2 nitrogen and oxygen atoms in total. The van der Waals surface area contributed by atoms with Crippen LogP contribution >= 0.6 is 0 Å². The van der Waals surface area contributed by atoms with Crippen molar-refractivity contribution in [2.24, 2.45) is 0 Å². The van der Waals surface area contributed by atoms with Crippen molar-refractivity contribution in [2.45, 2.75) is 19.3 Å². The van der Waals surface area contributed by atoms with Crippen molar-refractivity contribution in [2.75, 3.05) is 0 Å². The van der Waals surface area contributed by atoms with Crippen LogP contribution in [-0.2, 0) is 9.53 Å². The molecule has 0 aliphatic carbocycles. The van der Waals surface area contributed by atoms with Crippen molar-refractivity contribution in [1.29, 1.82) is 0 Å². The molecule has 72 valence electrons. The Morgan fingerprint density at radius 3 is 2.64 bits per heavy atom. The van der Waals surface area contributed by atoms with Gasteiger partial charge in [-0.3, -0.25) is 4.79 Å². The number of allylic oxidation sites excluding steroid dienone is 1. The zero-order valence-corrected chi connectivity index (χ0v) is 7.90. The molecule has 1 aromatic carbocycles. The number of ether oxygens (including phenoxy) is 1. The molecular formula is C12H12O2. The number of esters is 1. The second kappa shape index (κ2) is 4.09. The second-order valence-corrected chi connectivity index (χ2v) is 3.35. The first-order valence-electron chi connectivity index (χ1n) is 4.80. The normalized spacial score (nSPS) is 16.9. The highest BCUT2D eigenvalue weighted by molar-refractivity contribution is 5.74. The zero-order chi connectivity index (χ0) is 9.80. The van der Waals surface area contributed by atoms with Gasteiger partial charge in [0.15, 0.2) is 0 Å². The van der Waals surface area contributed by atoms with Crippen LogP contribution in [0.5, 0.6) is 0 Å². The summed E-state index contributed by atoms with van der Waals surface area (Å²) in [7, 11) is 0. The molecule has 1 aromatic rings. The van der Waals surface area contributed by atoms with Crippen LogP contribution in [0.15, 0.2) is 36.6 Å². The standard InChI is InChI=1S/C12H12O2/c13-12-8-4-7-11(9-14-12)10-5-2-1-3-6-10/h1-3,5-6,9H,4,7-8H2. The van der Waals surface area contributed by atoms with Gasteiger partial charge in [-0.05, 0) is 24.0 Å². The Kier molecular flexibility index (Phi) is 2.63. The molecule has 0 N–H and O–H groups in total. The highest BCUT2D eigenvalue weighted by Crippen LogP contribution is 2.23. The van der Waals surface area contributed by atoms with Gasteiger partial charge < -0.3 is 4.74 Å². The average molecular weight is 188 g/mol. The van der Waals surface area contributed by atoms with Gasteiger partial charge >= 0.3 is 5.97 Å². The first-order valence-corrected chi connectivity index (χ1v) is 4.80. The summed E-state index contributed by atoms with van der Waals surface area (Å²) >= 11 is 0. The van der Waals surface area contributed by atoms with E-state index in [9.17, 15) is 4.79 Å². The van der Waals surface area contributed by atoms with Gasteiger partial charge in [0.2, 0.25) is 0 Å². The molecule has 0 amide bonds. The monoisotopic (exact) mass is 188 g/mol. The van der Waals surface area contributed by atoms with Gasteiger partial charge in [-0.15, -0.1) is 0 Å². The maximum Gasteiger partial charge on any atom is 0.310 e. The van der Waals surface area contributed by atoms with E-state index in [1.807, 2.05) is 30.3 Å². The molecule has 0 fully saturated rings. The smallest absolute Gasteiger partial charge is 0.310 e. The maximum absolute atomic E-state index is 11.0. The number of carbonyl (C=O) groups is 1. The Hall–Kier alpha value is -1.57. The van der Waals surface area contributed by atoms with Crippen LogP contribution in [0.3, 0.4) is 0 Å². The Morgan fingerprint density at radius 1 is 1.07 bits per heavy atom. The highest BCUT2D eigenvalue weighted by Gasteiger charge is 2.10. The quantitative estimate of drug-likeness (QED) is 0.633. The first-order chi connectivity index (χ1) is 6.86.